The maximum Gasteiger partial charge on any atom is 0.275 e. The highest BCUT2D eigenvalue weighted by Gasteiger charge is 2.21. The van der Waals surface area contributed by atoms with Crippen LogP contribution in [-0.2, 0) is 28.2 Å². The largest absolute Gasteiger partial charge is 0.388 e. The lowest BCUT2D eigenvalue weighted by atomic mass is 10.1. The lowest BCUT2D eigenvalue weighted by Gasteiger charge is -2.23. The normalized spacial score (nSPS) is 10.8. The van der Waals surface area contributed by atoms with Gasteiger partial charge >= 0.3 is 0 Å². The van der Waals surface area contributed by atoms with Crippen LogP contribution in [0.3, 0.4) is 0 Å². The van der Waals surface area contributed by atoms with E-state index in [4.69, 9.17) is 11.1 Å². The zero-order valence-corrected chi connectivity index (χ0v) is 34.7. The van der Waals surface area contributed by atoms with Gasteiger partial charge in [0.25, 0.3) is 29.5 Å². The van der Waals surface area contributed by atoms with Gasteiger partial charge in [0.05, 0.1) is 17.2 Å². The standard InChI is InChI=1S/C36H42Br2N14O5/c1-48-19-22(42-32(53)21-5-7-24(8-6-21)52(13-10-37)14-11-38)15-25(48)34(55)43-23-16-26(49(2)20-23)35(56)44-31-18-28(51(4)47-31)36(57)45-30-17-27(50(3)46-30)33(54)41-12-9-29(39)40/h5-8,15-20H,9-14H2,1-4H3,(H3,39,40)(H,41,54)(H,42,53)(H,43,55)(H,44,47,56)(H,45,46,57). The number of rotatable bonds is 17. The first-order valence-corrected chi connectivity index (χ1v) is 19.7. The van der Waals surface area contributed by atoms with E-state index in [2.05, 4.69) is 73.5 Å². The highest BCUT2D eigenvalue weighted by Crippen LogP contribution is 2.21. The van der Waals surface area contributed by atoms with Crippen LogP contribution in [0.4, 0.5) is 28.7 Å². The van der Waals surface area contributed by atoms with Gasteiger partial charge < -0.3 is 46.4 Å². The summed E-state index contributed by atoms with van der Waals surface area (Å²) in [5, 5.41) is 30.8. The van der Waals surface area contributed by atoms with Crippen molar-refractivity contribution in [3.8, 4) is 0 Å². The number of amides is 5. The Kier molecular flexibility index (Phi) is 13.7. The van der Waals surface area contributed by atoms with Gasteiger partial charge in [-0.3, -0.25) is 38.7 Å². The molecule has 5 aromatic rings. The summed E-state index contributed by atoms with van der Waals surface area (Å²) in [7, 11) is 6.38. The number of carbonyl (C=O) groups excluding carboxylic acids is 5. The highest BCUT2D eigenvalue weighted by molar-refractivity contribution is 9.09. The smallest absolute Gasteiger partial charge is 0.275 e. The van der Waals surface area contributed by atoms with Gasteiger partial charge in [-0.1, -0.05) is 31.9 Å². The van der Waals surface area contributed by atoms with E-state index in [1.54, 1.807) is 56.3 Å². The third-order valence-electron chi connectivity index (χ3n) is 8.58. The molecule has 5 rings (SSSR count). The fourth-order valence-electron chi connectivity index (χ4n) is 5.76. The minimum Gasteiger partial charge on any atom is -0.388 e. The average Bonchev–Trinajstić information content (AvgIpc) is 3.92. The molecule has 300 valence electrons. The Balaban J connectivity index is 1.17. The molecule has 0 bridgehead atoms. The number of hydrogen-bond donors (Lipinski definition) is 7. The van der Waals surface area contributed by atoms with E-state index in [9.17, 15) is 24.0 Å². The van der Waals surface area contributed by atoms with Gasteiger partial charge in [-0.15, -0.1) is 0 Å². The average molecular weight is 911 g/mol. The van der Waals surface area contributed by atoms with Crippen molar-refractivity contribution in [2.45, 2.75) is 6.42 Å². The summed E-state index contributed by atoms with van der Waals surface area (Å²) in [4.78, 5) is 67.4. The molecule has 0 aliphatic heterocycles. The SMILES string of the molecule is Cn1cc(NC(=O)c2ccc(N(CCBr)CCBr)cc2)cc1C(=O)Nc1cc(C(=O)Nc2cc(C(=O)Nc3cc(C(=O)NCCC(=N)N)n(C)n3)n(C)n2)n(C)c1. The number of nitrogens with one attached hydrogen (secondary N) is 6. The quantitative estimate of drug-likeness (QED) is 0.0410. The molecule has 0 unspecified atom stereocenters. The molecule has 0 aliphatic rings. The van der Waals surface area contributed by atoms with Crippen LogP contribution in [0.2, 0.25) is 0 Å². The van der Waals surface area contributed by atoms with Crippen molar-refractivity contribution in [2.24, 2.45) is 33.9 Å². The first kappa shape index (κ1) is 41.9. The lowest BCUT2D eigenvalue weighted by Crippen LogP contribution is -2.29. The fourth-order valence-corrected chi connectivity index (χ4v) is 6.61. The van der Waals surface area contributed by atoms with Gasteiger partial charge in [0, 0.05) is 101 Å². The second-order valence-electron chi connectivity index (χ2n) is 12.8. The minimum absolute atomic E-state index is 0.0578. The van der Waals surface area contributed by atoms with Gasteiger partial charge in [0.15, 0.2) is 11.6 Å². The van der Waals surface area contributed by atoms with E-state index in [-0.39, 0.29) is 59.1 Å². The molecule has 0 aliphatic carbocycles. The zero-order chi connectivity index (χ0) is 41.4. The van der Waals surface area contributed by atoms with E-state index in [1.807, 2.05) is 12.1 Å². The number of nitrogens with zero attached hydrogens (tertiary/aromatic N) is 7. The third kappa shape index (κ3) is 10.6. The van der Waals surface area contributed by atoms with Crippen molar-refractivity contribution in [2.75, 3.05) is 56.5 Å². The molecule has 5 amide bonds. The first-order chi connectivity index (χ1) is 27.2. The van der Waals surface area contributed by atoms with E-state index in [1.165, 1.54) is 39.2 Å². The van der Waals surface area contributed by atoms with Crippen LogP contribution >= 0.6 is 31.9 Å². The fraction of sp³-hybridized carbons (Fsp3) is 0.278. The molecule has 8 N–H and O–H groups in total. The number of benzene rings is 1. The molecule has 0 atom stereocenters. The van der Waals surface area contributed by atoms with Gasteiger partial charge in [-0.2, -0.15) is 10.2 Å². The van der Waals surface area contributed by atoms with Gasteiger partial charge in [-0.05, 0) is 36.4 Å². The van der Waals surface area contributed by atoms with Crippen LogP contribution in [0.1, 0.15) is 58.7 Å². The van der Waals surface area contributed by atoms with Crippen LogP contribution in [0.15, 0.2) is 60.9 Å². The Bertz CT molecular complexity index is 2300. The number of aryl methyl sites for hydroxylation is 4. The minimum atomic E-state index is -0.591. The summed E-state index contributed by atoms with van der Waals surface area (Å²) in [5.74, 6) is -2.24. The van der Waals surface area contributed by atoms with Crippen molar-refractivity contribution in [3.63, 3.8) is 0 Å². The Morgan fingerprint density at radius 1 is 0.667 bits per heavy atom. The van der Waals surface area contributed by atoms with Gasteiger partial charge in [-0.25, -0.2) is 0 Å². The van der Waals surface area contributed by atoms with Crippen molar-refractivity contribution in [3.05, 3.63) is 89.3 Å². The first-order valence-electron chi connectivity index (χ1n) is 17.4. The van der Waals surface area contributed by atoms with Gasteiger partial charge in [0.1, 0.15) is 22.8 Å². The van der Waals surface area contributed by atoms with Crippen LogP contribution in [-0.4, -0.2) is 94.4 Å². The van der Waals surface area contributed by atoms with Crippen molar-refractivity contribution < 1.29 is 24.0 Å². The van der Waals surface area contributed by atoms with Crippen LogP contribution < -0.4 is 37.2 Å². The van der Waals surface area contributed by atoms with Crippen LogP contribution in [0.25, 0.3) is 0 Å². The Labute approximate surface area is 344 Å². The maximum absolute atomic E-state index is 13.3. The van der Waals surface area contributed by atoms with Crippen LogP contribution in [0.5, 0.6) is 0 Å². The number of halogens is 2. The van der Waals surface area contributed by atoms with Crippen molar-refractivity contribution in [1.82, 2.24) is 34.0 Å². The van der Waals surface area contributed by atoms with Crippen LogP contribution in [0, 0.1) is 5.41 Å². The molecule has 0 fully saturated rings. The molecule has 21 heteroatoms. The molecule has 0 radical (unpaired) electrons. The lowest BCUT2D eigenvalue weighted by molar-refractivity contribution is 0.0942. The molecule has 0 saturated heterocycles. The van der Waals surface area contributed by atoms with Crippen molar-refractivity contribution >= 4 is 95.9 Å². The summed E-state index contributed by atoms with van der Waals surface area (Å²) in [6, 6.07) is 13.1. The Morgan fingerprint density at radius 3 is 1.61 bits per heavy atom. The summed E-state index contributed by atoms with van der Waals surface area (Å²) < 4.78 is 5.69. The molecule has 0 spiro atoms. The predicted octanol–water partition coefficient (Wildman–Crippen LogP) is 3.49. The second kappa shape index (κ2) is 18.6. The maximum atomic E-state index is 13.3. The third-order valence-corrected chi connectivity index (χ3v) is 9.29. The molecule has 19 nitrogen and oxygen atoms in total. The topological polar surface area (TPSA) is 244 Å². The summed E-state index contributed by atoms with van der Waals surface area (Å²) >= 11 is 6.95. The summed E-state index contributed by atoms with van der Waals surface area (Å²) in [6.07, 6.45) is 3.40. The number of aromatic nitrogens is 6. The summed E-state index contributed by atoms with van der Waals surface area (Å²) in [6.45, 7) is 1.82. The Hall–Kier alpha value is -6.22. The molecular formula is C36H42Br2N14O5. The number of alkyl halides is 2. The molecule has 1 aromatic carbocycles. The number of amidine groups is 1. The van der Waals surface area contributed by atoms with E-state index in [0.717, 1.165) is 29.4 Å². The molecule has 4 heterocycles. The number of anilines is 5. The number of carbonyl (C=O) groups is 5. The monoisotopic (exact) mass is 908 g/mol. The zero-order valence-electron chi connectivity index (χ0n) is 31.5. The van der Waals surface area contributed by atoms with E-state index < -0.39 is 23.6 Å². The second-order valence-corrected chi connectivity index (χ2v) is 14.4. The van der Waals surface area contributed by atoms with E-state index >= 15 is 0 Å². The number of hydrogen-bond acceptors (Lipinski definition) is 9. The molecule has 0 saturated carbocycles. The Morgan fingerprint density at radius 2 is 1.12 bits per heavy atom. The highest BCUT2D eigenvalue weighted by atomic mass is 79.9. The molecule has 57 heavy (non-hydrogen) atoms. The van der Waals surface area contributed by atoms with E-state index in [0.29, 0.717) is 16.9 Å². The molecule has 4 aromatic heterocycles. The van der Waals surface area contributed by atoms with Crippen molar-refractivity contribution in [1.29, 1.82) is 5.41 Å². The van der Waals surface area contributed by atoms with Gasteiger partial charge in [0.2, 0.25) is 0 Å². The number of nitrogens with two attached hydrogens (primary N) is 1. The summed E-state index contributed by atoms with van der Waals surface area (Å²) in [5.41, 5.74) is 8.31. The predicted molar refractivity (Wildman–Crippen MR) is 224 cm³/mol. The molecular weight excluding hydrogens is 868 g/mol.